The SMILES string of the molecule is CC(C)(NC(=O)NCc1csc(=O)[nH]1)C(=O)O. The zero-order valence-electron chi connectivity index (χ0n) is 9.36. The van der Waals surface area contributed by atoms with Crippen LogP contribution in [0.25, 0.3) is 0 Å². The number of hydrogen-bond donors (Lipinski definition) is 4. The molecule has 94 valence electrons. The highest BCUT2D eigenvalue weighted by molar-refractivity contribution is 7.07. The lowest BCUT2D eigenvalue weighted by Gasteiger charge is -2.20. The van der Waals surface area contributed by atoms with Gasteiger partial charge in [0.05, 0.1) is 6.54 Å². The number of carboxylic acids is 1. The normalized spacial score (nSPS) is 10.9. The van der Waals surface area contributed by atoms with Gasteiger partial charge in [0.15, 0.2) is 0 Å². The van der Waals surface area contributed by atoms with Crippen molar-refractivity contribution in [1.82, 2.24) is 15.6 Å². The second-order valence-electron chi connectivity index (χ2n) is 3.91. The van der Waals surface area contributed by atoms with E-state index >= 15 is 0 Å². The Balaban J connectivity index is 2.46. The maximum absolute atomic E-state index is 11.4. The van der Waals surface area contributed by atoms with E-state index in [2.05, 4.69) is 15.6 Å². The third-order valence-corrected chi connectivity index (χ3v) is 2.69. The first-order chi connectivity index (χ1) is 7.81. The Kier molecular flexibility index (Phi) is 3.89. The van der Waals surface area contributed by atoms with Crippen molar-refractivity contribution >= 4 is 23.3 Å². The van der Waals surface area contributed by atoms with Gasteiger partial charge in [0.25, 0.3) is 0 Å². The van der Waals surface area contributed by atoms with Gasteiger partial charge in [0.2, 0.25) is 0 Å². The average molecular weight is 259 g/mol. The van der Waals surface area contributed by atoms with Crippen molar-refractivity contribution in [2.75, 3.05) is 0 Å². The highest BCUT2D eigenvalue weighted by Crippen LogP contribution is 2.01. The van der Waals surface area contributed by atoms with Crippen LogP contribution in [0.1, 0.15) is 19.5 Å². The minimum absolute atomic E-state index is 0.139. The molecule has 0 atom stereocenters. The summed E-state index contributed by atoms with van der Waals surface area (Å²) < 4.78 is 0. The number of thiazole rings is 1. The molecule has 0 aromatic carbocycles. The summed E-state index contributed by atoms with van der Waals surface area (Å²) in [7, 11) is 0. The van der Waals surface area contributed by atoms with Crippen molar-refractivity contribution < 1.29 is 14.7 Å². The molecule has 0 aliphatic heterocycles. The molecule has 0 radical (unpaired) electrons. The molecule has 17 heavy (non-hydrogen) atoms. The predicted molar refractivity (Wildman–Crippen MR) is 62.0 cm³/mol. The molecular formula is C9H13N3O4S. The Hall–Kier alpha value is -1.83. The summed E-state index contributed by atoms with van der Waals surface area (Å²) in [5.74, 6) is -1.13. The first-order valence-corrected chi connectivity index (χ1v) is 5.65. The highest BCUT2D eigenvalue weighted by Gasteiger charge is 2.28. The summed E-state index contributed by atoms with van der Waals surface area (Å²) in [5.41, 5.74) is -0.769. The lowest BCUT2D eigenvalue weighted by Crippen LogP contribution is -2.53. The van der Waals surface area contributed by atoms with Crippen LogP contribution in [0.5, 0.6) is 0 Å². The molecule has 1 aromatic rings. The van der Waals surface area contributed by atoms with Crippen molar-refractivity contribution in [3.63, 3.8) is 0 Å². The number of carbonyl (C=O) groups is 2. The Bertz CT molecular complexity index is 477. The summed E-state index contributed by atoms with van der Waals surface area (Å²) in [6.07, 6.45) is 0. The fourth-order valence-corrected chi connectivity index (χ4v) is 1.54. The number of hydrogen-bond acceptors (Lipinski definition) is 4. The predicted octanol–water partition coefficient (Wildman–Crippen LogP) is 0.0988. The van der Waals surface area contributed by atoms with Crippen LogP contribution in [-0.2, 0) is 11.3 Å². The van der Waals surface area contributed by atoms with Crippen LogP contribution in [0.15, 0.2) is 10.2 Å². The van der Waals surface area contributed by atoms with Crippen LogP contribution < -0.4 is 15.5 Å². The van der Waals surface area contributed by atoms with Gasteiger partial charge in [-0.25, -0.2) is 9.59 Å². The number of aliphatic carboxylic acids is 1. The maximum Gasteiger partial charge on any atom is 0.328 e. The quantitative estimate of drug-likeness (QED) is 0.614. The van der Waals surface area contributed by atoms with Gasteiger partial charge >= 0.3 is 16.9 Å². The van der Waals surface area contributed by atoms with E-state index in [0.29, 0.717) is 5.69 Å². The Morgan fingerprint density at radius 3 is 2.65 bits per heavy atom. The molecule has 0 aliphatic rings. The molecular weight excluding hydrogens is 246 g/mol. The minimum Gasteiger partial charge on any atom is -0.480 e. The molecule has 0 saturated carbocycles. The summed E-state index contributed by atoms with van der Waals surface area (Å²) in [6.45, 7) is 2.89. The second-order valence-corrected chi connectivity index (χ2v) is 4.75. The van der Waals surface area contributed by atoms with Gasteiger partial charge in [-0.15, -0.1) is 0 Å². The summed E-state index contributed by atoms with van der Waals surface area (Å²) in [4.78, 5) is 35.2. The van der Waals surface area contributed by atoms with E-state index < -0.39 is 17.5 Å². The number of aromatic nitrogens is 1. The van der Waals surface area contributed by atoms with E-state index in [4.69, 9.17) is 5.11 Å². The van der Waals surface area contributed by atoms with Crippen molar-refractivity contribution in [2.24, 2.45) is 0 Å². The first-order valence-electron chi connectivity index (χ1n) is 4.77. The molecule has 1 heterocycles. The smallest absolute Gasteiger partial charge is 0.328 e. The fraction of sp³-hybridized carbons (Fsp3) is 0.444. The van der Waals surface area contributed by atoms with E-state index in [1.165, 1.54) is 13.8 Å². The molecule has 8 heteroatoms. The maximum atomic E-state index is 11.4. The summed E-state index contributed by atoms with van der Waals surface area (Å²) in [5, 5.41) is 15.1. The van der Waals surface area contributed by atoms with Crippen molar-refractivity contribution in [2.45, 2.75) is 25.9 Å². The lowest BCUT2D eigenvalue weighted by molar-refractivity contribution is -0.142. The zero-order valence-corrected chi connectivity index (χ0v) is 10.2. The minimum atomic E-state index is -1.34. The molecule has 1 aromatic heterocycles. The summed E-state index contributed by atoms with van der Waals surface area (Å²) in [6, 6.07) is -0.607. The molecule has 0 saturated heterocycles. The van der Waals surface area contributed by atoms with Gasteiger partial charge in [-0.1, -0.05) is 11.3 Å². The van der Waals surface area contributed by atoms with Gasteiger partial charge < -0.3 is 20.7 Å². The van der Waals surface area contributed by atoms with E-state index in [-0.39, 0.29) is 11.4 Å². The van der Waals surface area contributed by atoms with E-state index in [1.54, 1.807) is 5.38 Å². The zero-order chi connectivity index (χ0) is 13.1. The largest absolute Gasteiger partial charge is 0.480 e. The Morgan fingerprint density at radius 1 is 1.53 bits per heavy atom. The second kappa shape index (κ2) is 5.00. The fourth-order valence-electron chi connectivity index (χ4n) is 0.958. The number of carboxylic acid groups (broad SMARTS) is 1. The number of urea groups is 1. The molecule has 0 aliphatic carbocycles. The summed E-state index contributed by atoms with van der Waals surface area (Å²) >= 11 is 0.997. The molecule has 2 amide bonds. The van der Waals surface area contributed by atoms with Gasteiger partial charge in [-0.2, -0.15) is 0 Å². The van der Waals surface area contributed by atoms with E-state index in [1.807, 2.05) is 0 Å². The van der Waals surface area contributed by atoms with Crippen molar-refractivity contribution in [3.05, 3.63) is 20.7 Å². The molecule has 0 unspecified atom stereocenters. The van der Waals surface area contributed by atoms with Gasteiger partial charge in [-0.3, -0.25) is 4.79 Å². The van der Waals surface area contributed by atoms with Crippen molar-refractivity contribution in [1.29, 1.82) is 0 Å². The van der Waals surface area contributed by atoms with Crippen LogP contribution >= 0.6 is 11.3 Å². The molecule has 1 rings (SSSR count). The highest BCUT2D eigenvalue weighted by atomic mass is 32.1. The number of amides is 2. The number of H-pyrrole nitrogens is 1. The van der Waals surface area contributed by atoms with Crippen LogP contribution in [0.4, 0.5) is 4.79 Å². The standard InChI is InChI=1S/C9H13N3O4S/c1-9(2,6(13)14)12-7(15)10-3-5-4-17-8(16)11-5/h4H,3H2,1-2H3,(H,11,16)(H,13,14)(H2,10,12,15). The Labute approximate surface area is 101 Å². The molecule has 4 N–H and O–H groups in total. The number of rotatable bonds is 4. The van der Waals surface area contributed by atoms with Gasteiger partial charge in [-0.05, 0) is 13.8 Å². The average Bonchev–Trinajstić information content (AvgIpc) is 2.60. The van der Waals surface area contributed by atoms with Gasteiger partial charge in [0, 0.05) is 11.1 Å². The lowest BCUT2D eigenvalue weighted by atomic mass is 10.1. The topological polar surface area (TPSA) is 111 Å². The molecule has 7 nitrogen and oxygen atoms in total. The monoisotopic (exact) mass is 259 g/mol. The molecule has 0 fully saturated rings. The van der Waals surface area contributed by atoms with E-state index in [9.17, 15) is 14.4 Å². The third-order valence-electron chi connectivity index (χ3n) is 1.97. The van der Waals surface area contributed by atoms with Crippen molar-refractivity contribution in [3.8, 4) is 0 Å². The van der Waals surface area contributed by atoms with E-state index in [0.717, 1.165) is 11.3 Å². The number of carbonyl (C=O) groups excluding carboxylic acids is 1. The first kappa shape index (κ1) is 13.2. The molecule has 0 spiro atoms. The number of aromatic amines is 1. The van der Waals surface area contributed by atoms with Crippen LogP contribution in [0.3, 0.4) is 0 Å². The van der Waals surface area contributed by atoms with Crippen LogP contribution in [-0.4, -0.2) is 27.6 Å². The Morgan fingerprint density at radius 2 is 2.18 bits per heavy atom. The molecule has 0 bridgehead atoms. The number of nitrogens with one attached hydrogen (secondary N) is 3. The van der Waals surface area contributed by atoms with Crippen LogP contribution in [0.2, 0.25) is 0 Å². The van der Waals surface area contributed by atoms with Gasteiger partial charge in [0.1, 0.15) is 5.54 Å². The third kappa shape index (κ3) is 3.91. The van der Waals surface area contributed by atoms with Crippen LogP contribution in [0, 0.1) is 0 Å².